The van der Waals surface area contributed by atoms with Crippen molar-refractivity contribution in [2.75, 3.05) is 52.6 Å². The molecule has 0 bridgehead atoms. The third-order valence-corrected chi connectivity index (χ3v) is 6.79. The van der Waals surface area contributed by atoms with Crippen molar-refractivity contribution in [3.05, 3.63) is 77.4 Å². The molecule has 4 rings (SSSR count). The molecule has 0 spiro atoms. The molecule has 2 aromatic rings. The van der Waals surface area contributed by atoms with Crippen LogP contribution in [0.3, 0.4) is 0 Å². The molecule has 2 aliphatic rings. The SMILES string of the molecule is C=CCOc1ccc(C(O)=C2C(=O)C(=O)N(CCN3CCOCC3)C2c2ccc(OCCC)cc2)c(C)c1. The van der Waals surface area contributed by atoms with E-state index < -0.39 is 17.7 Å². The number of carbonyl (C=O) groups excluding carboxylic acids is 2. The highest BCUT2D eigenvalue weighted by Gasteiger charge is 2.46. The number of amides is 1. The number of benzene rings is 2. The van der Waals surface area contributed by atoms with Crippen molar-refractivity contribution in [3.8, 4) is 11.5 Å². The lowest BCUT2D eigenvalue weighted by atomic mass is 9.94. The van der Waals surface area contributed by atoms with Crippen molar-refractivity contribution in [2.24, 2.45) is 0 Å². The average Bonchev–Trinajstić information content (AvgIpc) is 3.19. The number of carbonyl (C=O) groups is 2. The van der Waals surface area contributed by atoms with E-state index in [4.69, 9.17) is 14.2 Å². The lowest BCUT2D eigenvalue weighted by Gasteiger charge is -2.31. The Morgan fingerprint density at radius 2 is 1.79 bits per heavy atom. The van der Waals surface area contributed by atoms with E-state index in [0.717, 1.165) is 30.6 Å². The molecule has 1 amide bonds. The third-order valence-electron chi connectivity index (χ3n) is 6.79. The van der Waals surface area contributed by atoms with Crippen molar-refractivity contribution < 1.29 is 28.9 Å². The molecule has 2 aromatic carbocycles. The summed E-state index contributed by atoms with van der Waals surface area (Å²) in [5, 5.41) is 11.5. The molecule has 2 heterocycles. The van der Waals surface area contributed by atoms with Gasteiger partial charge in [0.15, 0.2) is 0 Å². The minimum absolute atomic E-state index is 0.0852. The van der Waals surface area contributed by atoms with E-state index in [9.17, 15) is 14.7 Å². The van der Waals surface area contributed by atoms with Gasteiger partial charge in [0.1, 0.15) is 23.9 Å². The third kappa shape index (κ3) is 6.09. The van der Waals surface area contributed by atoms with Crippen LogP contribution in [0.2, 0.25) is 0 Å². The largest absolute Gasteiger partial charge is 0.507 e. The van der Waals surface area contributed by atoms with Gasteiger partial charge in [-0.1, -0.05) is 31.7 Å². The number of nitrogens with zero attached hydrogens (tertiary/aromatic N) is 2. The van der Waals surface area contributed by atoms with Gasteiger partial charge in [-0.25, -0.2) is 0 Å². The maximum atomic E-state index is 13.4. The number of rotatable bonds is 11. The molecule has 1 unspecified atom stereocenters. The van der Waals surface area contributed by atoms with Gasteiger partial charge in [-0.15, -0.1) is 0 Å². The van der Waals surface area contributed by atoms with Crippen LogP contribution in [0.4, 0.5) is 0 Å². The molecule has 2 fully saturated rings. The van der Waals surface area contributed by atoms with E-state index in [2.05, 4.69) is 11.5 Å². The number of Topliss-reactive ketones (excluding diaryl/α,β-unsaturated/α-hetero) is 1. The molecule has 2 aliphatic heterocycles. The number of hydrogen-bond acceptors (Lipinski definition) is 7. The van der Waals surface area contributed by atoms with Crippen LogP contribution in [0.1, 0.15) is 36.1 Å². The minimum Gasteiger partial charge on any atom is -0.507 e. The van der Waals surface area contributed by atoms with Gasteiger partial charge >= 0.3 is 0 Å². The molecule has 202 valence electrons. The molecule has 0 aliphatic carbocycles. The van der Waals surface area contributed by atoms with Crippen LogP contribution < -0.4 is 9.47 Å². The molecular weight excluding hydrogens is 484 g/mol. The fourth-order valence-corrected chi connectivity index (χ4v) is 4.79. The van der Waals surface area contributed by atoms with Crippen molar-refractivity contribution in [1.82, 2.24) is 9.80 Å². The Balaban J connectivity index is 1.71. The lowest BCUT2D eigenvalue weighted by Crippen LogP contribution is -2.42. The quantitative estimate of drug-likeness (QED) is 0.207. The van der Waals surface area contributed by atoms with Gasteiger partial charge in [0.05, 0.1) is 31.4 Å². The second-order valence-corrected chi connectivity index (χ2v) is 9.44. The van der Waals surface area contributed by atoms with Crippen molar-refractivity contribution >= 4 is 17.4 Å². The Hall–Kier alpha value is -3.62. The van der Waals surface area contributed by atoms with Crippen molar-refractivity contribution in [2.45, 2.75) is 26.3 Å². The first kappa shape index (κ1) is 27.4. The summed E-state index contributed by atoms with van der Waals surface area (Å²) < 4.78 is 16.8. The van der Waals surface area contributed by atoms with Gasteiger partial charge in [0.2, 0.25) is 0 Å². The Labute approximate surface area is 224 Å². The number of morpholine rings is 1. The summed E-state index contributed by atoms with van der Waals surface area (Å²) in [5.41, 5.74) is 2.03. The summed E-state index contributed by atoms with van der Waals surface area (Å²) in [7, 11) is 0. The van der Waals surface area contributed by atoms with Crippen LogP contribution in [0, 0.1) is 6.92 Å². The summed E-state index contributed by atoms with van der Waals surface area (Å²) in [6, 6.07) is 11.9. The zero-order valence-electron chi connectivity index (χ0n) is 22.2. The smallest absolute Gasteiger partial charge is 0.295 e. The van der Waals surface area contributed by atoms with Crippen LogP contribution >= 0.6 is 0 Å². The van der Waals surface area contributed by atoms with Crippen LogP contribution in [-0.2, 0) is 14.3 Å². The normalized spacial score (nSPS) is 19.5. The monoisotopic (exact) mass is 520 g/mol. The number of ether oxygens (including phenoxy) is 3. The van der Waals surface area contributed by atoms with E-state index in [0.29, 0.717) is 56.6 Å². The Kier molecular flexibility index (Phi) is 9.20. The zero-order chi connectivity index (χ0) is 27.1. The predicted molar refractivity (Wildman–Crippen MR) is 145 cm³/mol. The van der Waals surface area contributed by atoms with Gasteiger partial charge in [-0.2, -0.15) is 0 Å². The summed E-state index contributed by atoms with van der Waals surface area (Å²) in [5.74, 6) is -0.149. The Morgan fingerprint density at radius 1 is 1.08 bits per heavy atom. The number of aryl methyl sites for hydroxylation is 1. The maximum absolute atomic E-state index is 13.4. The van der Waals surface area contributed by atoms with Crippen LogP contribution in [0.25, 0.3) is 5.76 Å². The van der Waals surface area contributed by atoms with Gasteiger partial charge in [-0.05, 0) is 54.8 Å². The van der Waals surface area contributed by atoms with Crippen molar-refractivity contribution in [3.63, 3.8) is 0 Å². The fourth-order valence-electron chi connectivity index (χ4n) is 4.79. The maximum Gasteiger partial charge on any atom is 0.295 e. The molecule has 8 heteroatoms. The highest BCUT2D eigenvalue weighted by Crippen LogP contribution is 2.40. The van der Waals surface area contributed by atoms with Gasteiger partial charge in [0, 0.05) is 31.7 Å². The van der Waals surface area contributed by atoms with E-state index in [1.54, 1.807) is 29.2 Å². The van der Waals surface area contributed by atoms with E-state index in [1.165, 1.54) is 0 Å². The molecule has 0 aromatic heterocycles. The average molecular weight is 521 g/mol. The second-order valence-electron chi connectivity index (χ2n) is 9.44. The van der Waals surface area contributed by atoms with E-state index in [-0.39, 0.29) is 11.3 Å². The fraction of sp³-hybridized carbons (Fsp3) is 0.400. The highest BCUT2D eigenvalue weighted by atomic mass is 16.5. The van der Waals surface area contributed by atoms with Crippen LogP contribution in [0.5, 0.6) is 11.5 Å². The first-order valence-electron chi connectivity index (χ1n) is 13.1. The molecule has 38 heavy (non-hydrogen) atoms. The molecule has 2 saturated heterocycles. The molecule has 1 atom stereocenters. The number of aliphatic hydroxyl groups excluding tert-OH is 1. The minimum atomic E-state index is -0.715. The number of aliphatic hydroxyl groups is 1. The Bertz CT molecular complexity index is 1180. The topological polar surface area (TPSA) is 88.5 Å². The molecular formula is C30H36N2O6. The molecule has 0 radical (unpaired) electrons. The summed E-state index contributed by atoms with van der Waals surface area (Å²) in [6.07, 6.45) is 2.54. The zero-order valence-corrected chi connectivity index (χ0v) is 22.2. The summed E-state index contributed by atoms with van der Waals surface area (Å²) >= 11 is 0. The van der Waals surface area contributed by atoms with E-state index >= 15 is 0 Å². The van der Waals surface area contributed by atoms with Gasteiger partial charge in [0.25, 0.3) is 11.7 Å². The number of ketones is 1. The summed E-state index contributed by atoms with van der Waals surface area (Å²) in [6.45, 7) is 12.3. The first-order valence-corrected chi connectivity index (χ1v) is 13.1. The standard InChI is InChI=1S/C30H36N2O6/c1-4-16-37-23-8-6-22(7-9-23)27-26(28(33)25-11-10-24(20-21(25)3)38-17-5-2)29(34)30(35)32(27)13-12-31-14-18-36-19-15-31/h5-11,20,27,33H,2,4,12-19H2,1,3H3. The van der Waals surface area contributed by atoms with Gasteiger partial charge < -0.3 is 24.2 Å². The van der Waals surface area contributed by atoms with E-state index in [1.807, 2.05) is 38.1 Å². The van der Waals surface area contributed by atoms with Crippen molar-refractivity contribution in [1.29, 1.82) is 0 Å². The Morgan fingerprint density at radius 3 is 2.45 bits per heavy atom. The molecule has 0 saturated carbocycles. The molecule has 8 nitrogen and oxygen atoms in total. The lowest BCUT2D eigenvalue weighted by molar-refractivity contribution is -0.140. The van der Waals surface area contributed by atoms with Gasteiger partial charge in [-0.3, -0.25) is 14.5 Å². The first-order chi connectivity index (χ1) is 18.4. The molecule has 1 N–H and O–H groups in total. The highest BCUT2D eigenvalue weighted by molar-refractivity contribution is 6.46. The predicted octanol–water partition coefficient (Wildman–Crippen LogP) is 4.10. The summed E-state index contributed by atoms with van der Waals surface area (Å²) in [4.78, 5) is 30.5. The number of likely N-dealkylation sites (tertiary alicyclic amines) is 1. The number of hydrogen-bond donors (Lipinski definition) is 1. The van der Waals surface area contributed by atoms with Crippen LogP contribution in [-0.4, -0.2) is 79.2 Å². The van der Waals surface area contributed by atoms with Crippen LogP contribution in [0.15, 0.2) is 60.7 Å². The second kappa shape index (κ2) is 12.8.